The third-order valence-electron chi connectivity index (χ3n) is 3.17. The highest BCUT2D eigenvalue weighted by Gasteiger charge is 2.25. The summed E-state index contributed by atoms with van der Waals surface area (Å²) in [6.45, 7) is 6.56. The van der Waals surface area contributed by atoms with Gasteiger partial charge in [0.25, 0.3) is 0 Å². The number of rotatable bonds is 4. The van der Waals surface area contributed by atoms with Crippen LogP contribution in [0.1, 0.15) is 19.8 Å². The molecule has 0 bridgehead atoms. The first-order valence-electron chi connectivity index (χ1n) is 5.68. The zero-order valence-electron chi connectivity index (χ0n) is 9.74. The summed E-state index contributed by atoms with van der Waals surface area (Å²) in [6.07, 6.45) is 1.99. The standard InChI is InChI=1S/C11H24N2O/c1-4-10-9-13(6-5-11(10)14)8-7-12(2)3/h10-11,14H,4-9H2,1-3H3. The molecule has 2 atom stereocenters. The van der Waals surface area contributed by atoms with Crippen molar-refractivity contribution >= 4 is 0 Å². The largest absolute Gasteiger partial charge is 0.393 e. The van der Waals surface area contributed by atoms with Crippen LogP contribution in [0, 0.1) is 5.92 Å². The molecular formula is C11H24N2O. The summed E-state index contributed by atoms with van der Waals surface area (Å²) in [6, 6.07) is 0. The molecule has 0 spiro atoms. The molecule has 1 aliphatic heterocycles. The minimum absolute atomic E-state index is 0.0596. The number of likely N-dealkylation sites (tertiary alicyclic amines) is 1. The van der Waals surface area contributed by atoms with Gasteiger partial charge in [0, 0.05) is 26.2 Å². The molecule has 1 N–H and O–H groups in total. The normalized spacial score (nSPS) is 29.8. The number of aliphatic hydroxyl groups excluding tert-OH is 1. The maximum Gasteiger partial charge on any atom is 0.0592 e. The van der Waals surface area contributed by atoms with Crippen molar-refractivity contribution in [2.45, 2.75) is 25.9 Å². The Morgan fingerprint density at radius 2 is 2.14 bits per heavy atom. The average molecular weight is 200 g/mol. The topological polar surface area (TPSA) is 26.7 Å². The summed E-state index contributed by atoms with van der Waals surface area (Å²) in [7, 11) is 4.21. The summed E-state index contributed by atoms with van der Waals surface area (Å²) in [5.74, 6) is 0.492. The van der Waals surface area contributed by atoms with Gasteiger partial charge in [0.05, 0.1) is 6.10 Å². The van der Waals surface area contributed by atoms with E-state index in [2.05, 4.69) is 30.8 Å². The zero-order chi connectivity index (χ0) is 10.6. The van der Waals surface area contributed by atoms with Crippen LogP contribution in [0.3, 0.4) is 0 Å². The molecule has 0 aromatic carbocycles. The van der Waals surface area contributed by atoms with Crippen LogP contribution >= 0.6 is 0 Å². The predicted molar refractivity (Wildman–Crippen MR) is 59.4 cm³/mol. The molecule has 1 rings (SSSR count). The Kier molecular flexibility index (Phi) is 4.85. The molecule has 1 aliphatic rings. The Bertz CT molecular complexity index is 161. The highest BCUT2D eigenvalue weighted by atomic mass is 16.3. The van der Waals surface area contributed by atoms with E-state index in [9.17, 15) is 5.11 Å². The Morgan fingerprint density at radius 3 is 2.71 bits per heavy atom. The highest BCUT2D eigenvalue weighted by molar-refractivity contribution is 4.79. The monoisotopic (exact) mass is 200 g/mol. The summed E-state index contributed by atoms with van der Waals surface area (Å²) in [5, 5.41) is 9.73. The quantitative estimate of drug-likeness (QED) is 0.721. The minimum Gasteiger partial charge on any atom is -0.393 e. The van der Waals surface area contributed by atoms with Gasteiger partial charge in [-0.25, -0.2) is 0 Å². The lowest BCUT2D eigenvalue weighted by Crippen LogP contribution is -2.45. The van der Waals surface area contributed by atoms with Crippen LogP contribution in [0.25, 0.3) is 0 Å². The van der Waals surface area contributed by atoms with Gasteiger partial charge in [-0.2, -0.15) is 0 Å². The SMILES string of the molecule is CCC1CN(CCN(C)C)CCC1O. The number of hydrogen-bond acceptors (Lipinski definition) is 3. The van der Waals surface area contributed by atoms with Crippen molar-refractivity contribution in [3.05, 3.63) is 0 Å². The molecule has 1 heterocycles. The van der Waals surface area contributed by atoms with Gasteiger partial charge in [-0.1, -0.05) is 6.92 Å². The minimum atomic E-state index is -0.0596. The Balaban J connectivity index is 2.27. The highest BCUT2D eigenvalue weighted by Crippen LogP contribution is 2.19. The molecule has 0 aromatic rings. The number of piperidine rings is 1. The predicted octanol–water partition coefficient (Wildman–Crippen LogP) is 0.641. The van der Waals surface area contributed by atoms with E-state index in [-0.39, 0.29) is 6.10 Å². The Labute approximate surface area is 87.7 Å². The van der Waals surface area contributed by atoms with Crippen LogP contribution in [0.15, 0.2) is 0 Å². The molecule has 1 fully saturated rings. The zero-order valence-corrected chi connectivity index (χ0v) is 9.74. The van der Waals surface area contributed by atoms with Crippen molar-refractivity contribution in [1.29, 1.82) is 0 Å². The molecule has 0 aliphatic carbocycles. The molecular weight excluding hydrogens is 176 g/mol. The van der Waals surface area contributed by atoms with E-state index in [0.717, 1.165) is 39.0 Å². The van der Waals surface area contributed by atoms with E-state index >= 15 is 0 Å². The molecule has 0 radical (unpaired) electrons. The van der Waals surface area contributed by atoms with Gasteiger partial charge in [0.15, 0.2) is 0 Å². The van der Waals surface area contributed by atoms with Crippen LogP contribution in [0.2, 0.25) is 0 Å². The van der Waals surface area contributed by atoms with Crippen molar-refractivity contribution in [1.82, 2.24) is 9.80 Å². The maximum absolute atomic E-state index is 9.73. The second-order valence-corrected chi connectivity index (χ2v) is 4.63. The molecule has 3 nitrogen and oxygen atoms in total. The van der Waals surface area contributed by atoms with Gasteiger partial charge < -0.3 is 14.9 Å². The second-order valence-electron chi connectivity index (χ2n) is 4.63. The van der Waals surface area contributed by atoms with Crippen molar-refractivity contribution in [3.8, 4) is 0 Å². The van der Waals surface area contributed by atoms with E-state index in [0.29, 0.717) is 5.92 Å². The Morgan fingerprint density at radius 1 is 1.43 bits per heavy atom. The number of likely N-dealkylation sites (N-methyl/N-ethyl adjacent to an activating group) is 1. The van der Waals surface area contributed by atoms with E-state index in [1.807, 2.05) is 0 Å². The van der Waals surface area contributed by atoms with Crippen LogP contribution in [0.5, 0.6) is 0 Å². The van der Waals surface area contributed by atoms with Gasteiger partial charge in [-0.3, -0.25) is 0 Å². The van der Waals surface area contributed by atoms with E-state index in [4.69, 9.17) is 0 Å². The van der Waals surface area contributed by atoms with E-state index in [1.54, 1.807) is 0 Å². The fourth-order valence-electron chi connectivity index (χ4n) is 2.04. The van der Waals surface area contributed by atoms with Crippen molar-refractivity contribution in [2.75, 3.05) is 40.3 Å². The summed E-state index contributed by atoms with van der Waals surface area (Å²) in [4.78, 5) is 4.69. The first-order valence-corrected chi connectivity index (χ1v) is 5.68. The molecule has 2 unspecified atom stereocenters. The van der Waals surface area contributed by atoms with Gasteiger partial charge >= 0.3 is 0 Å². The first-order chi connectivity index (χ1) is 6.63. The van der Waals surface area contributed by atoms with E-state index < -0.39 is 0 Å². The fourth-order valence-corrected chi connectivity index (χ4v) is 2.04. The van der Waals surface area contributed by atoms with Gasteiger partial charge in [-0.15, -0.1) is 0 Å². The molecule has 14 heavy (non-hydrogen) atoms. The van der Waals surface area contributed by atoms with Gasteiger partial charge in [0.2, 0.25) is 0 Å². The van der Waals surface area contributed by atoms with Gasteiger partial charge in [0.1, 0.15) is 0 Å². The van der Waals surface area contributed by atoms with Crippen LogP contribution in [-0.2, 0) is 0 Å². The van der Waals surface area contributed by atoms with Crippen molar-refractivity contribution in [2.24, 2.45) is 5.92 Å². The third-order valence-corrected chi connectivity index (χ3v) is 3.17. The number of aliphatic hydroxyl groups is 1. The smallest absolute Gasteiger partial charge is 0.0592 e. The summed E-state index contributed by atoms with van der Waals surface area (Å²) >= 11 is 0. The lowest BCUT2D eigenvalue weighted by molar-refractivity contribution is 0.0234. The maximum atomic E-state index is 9.73. The molecule has 0 saturated carbocycles. The molecule has 1 saturated heterocycles. The van der Waals surface area contributed by atoms with E-state index in [1.165, 1.54) is 0 Å². The molecule has 0 amide bonds. The lowest BCUT2D eigenvalue weighted by Gasteiger charge is -2.36. The summed E-state index contributed by atoms with van der Waals surface area (Å²) < 4.78 is 0. The lowest BCUT2D eigenvalue weighted by atomic mass is 9.92. The first kappa shape index (κ1) is 12.0. The molecule has 0 aromatic heterocycles. The van der Waals surface area contributed by atoms with Crippen LogP contribution in [-0.4, -0.2) is 61.3 Å². The molecule has 3 heteroatoms. The fraction of sp³-hybridized carbons (Fsp3) is 1.00. The average Bonchev–Trinajstić information content (AvgIpc) is 2.16. The van der Waals surface area contributed by atoms with Crippen molar-refractivity contribution in [3.63, 3.8) is 0 Å². The number of nitrogens with zero attached hydrogens (tertiary/aromatic N) is 2. The second kappa shape index (κ2) is 5.69. The van der Waals surface area contributed by atoms with Crippen LogP contribution < -0.4 is 0 Å². The number of hydrogen-bond donors (Lipinski definition) is 1. The summed E-state index contributed by atoms with van der Waals surface area (Å²) in [5.41, 5.74) is 0. The van der Waals surface area contributed by atoms with Crippen LogP contribution in [0.4, 0.5) is 0 Å². The third kappa shape index (κ3) is 3.56. The molecule has 84 valence electrons. The van der Waals surface area contributed by atoms with Crippen molar-refractivity contribution < 1.29 is 5.11 Å². The van der Waals surface area contributed by atoms with Gasteiger partial charge in [-0.05, 0) is 32.9 Å². The Hall–Kier alpha value is -0.120.